The Morgan fingerprint density at radius 1 is 1.12 bits per heavy atom. The third-order valence-corrected chi connectivity index (χ3v) is 5.71. The van der Waals surface area contributed by atoms with E-state index in [0.717, 1.165) is 36.0 Å². The van der Waals surface area contributed by atoms with E-state index in [1.54, 1.807) is 11.3 Å². The maximum absolute atomic E-state index is 5.57. The lowest BCUT2D eigenvalue weighted by molar-refractivity contribution is 0.0986. The highest BCUT2D eigenvalue weighted by atomic mass is 32.1. The maximum atomic E-state index is 5.57. The number of likely N-dealkylation sites (tertiary alicyclic amines) is 1. The van der Waals surface area contributed by atoms with Crippen LogP contribution in [-0.2, 0) is 6.54 Å². The van der Waals surface area contributed by atoms with Gasteiger partial charge in [0.15, 0.2) is 5.82 Å². The quantitative estimate of drug-likeness (QED) is 0.687. The SMILES string of the molecule is c1csc(-c2noc(CN3CCCC[C@@H]3c3nc(C4CC4)no3)n2)c1. The number of hydrogen-bond donors (Lipinski definition) is 0. The van der Waals surface area contributed by atoms with Gasteiger partial charge in [0.1, 0.15) is 0 Å². The zero-order valence-corrected chi connectivity index (χ0v) is 14.6. The van der Waals surface area contributed by atoms with Crippen molar-refractivity contribution in [3.8, 4) is 10.7 Å². The molecule has 0 bridgehead atoms. The Labute approximate surface area is 149 Å². The molecule has 1 aliphatic carbocycles. The molecule has 2 aliphatic rings. The van der Waals surface area contributed by atoms with Gasteiger partial charge in [-0.15, -0.1) is 11.3 Å². The highest BCUT2D eigenvalue weighted by molar-refractivity contribution is 7.13. The Kier molecular flexibility index (Phi) is 3.86. The molecule has 0 aromatic carbocycles. The van der Waals surface area contributed by atoms with Crippen molar-refractivity contribution in [3.05, 3.63) is 35.1 Å². The minimum atomic E-state index is 0.144. The molecule has 1 saturated carbocycles. The third kappa shape index (κ3) is 3.11. The van der Waals surface area contributed by atoms with Crippen molar-refractivity contribution in [2.24, 2.45) is 0 Å². The number of aromatic nitrogens is 4. The Bertz CT molecular complexity index is 839. The molecule has 0 radical (unpaired) electrons. The Morgan fingerprint density at radius 2 is 2.08 bits per heavy atom. The molecule has 0 amide bonds. The lowest BCUT2D eigenvalue weighted by Crippen LogP contribution is -2.33. The van der Waals surface area contributed by atoms with Crippen LogP contribution in [0, 0.1) is 0 Å². The molecule has 5 rings (SSSR count). The second kappa shape index (κ2) is 6.34. The van der Waals surface area contributed by atoms with Crippen molar-refractivity contribution in [1.29, 1.82) is 0 Å². The summed E-state index contributed by atoms with van der Waals surface area (Å²) < 4.78 is 11.0. The molecular weight excluding hydrogens is 338 g/mol. The van der Waals surface area contributed by atoms with Crippen LogP contribution in [0.4, 0.5) is 0 Å². The van der Waals surface area contributed by atoms with E-state index < -0.39 is 0 Å². The number of hydrogen-bond acceptors (Lipinski definition) is 8. The zero-order chi connectivity index (χ0) is 16.6. The first-order chi connectivity index (χ1) is 12.4. The molecular formula is C17H19N5O2S. The van der Waals surface area contributed by atoms with Gasteiger partial charge in [0, 0.05) is 5.92 Å². The van der Waals surface area contributed by atoms with Crippen LogP contribution in [0.1, 0.15) is 61.7 Å². The van der Waals surface area contributed by atoms with Crippen LogP contribution in [-0.4, -0.2) is 31.7 Å². The molecule has 1 aliphatic heterocycles. The molecule has 0 spiro atoms. The van der Waals surface area contributed by atoms with Crippen LogP contribution in [0.25, 0.3) is 10.7 Å². The van der Waals surface area contributed by atoms with Crippen LogP contribution >= 0.6 is 11.3 Å². The van der Waals surface area contributed by atoms with Crippen LogP contribution in [0.3, 0.4) is 0 Å². The molecule has 0 unspecified atom stereocenters. The van der Waals surface area contributed by atoms with Crippen molar-refractivity contribution < 1.29 is 9.05 Å². The summed E-state index contributed by atoms with van der Waals surface area (Å²) in [5.74, 6) is 3.42. The van der Waals surface area contributed by atoms with Crippen LogP contribution in [0.2, 0.25) is 0 Å². The fourth-order valence-corrected chi connectivity index (χ4v) is 4.00. The number of nitrogens with zero attached hydrogens (tertiary/aromatic N) is 5. The molecule has 8 heteroatoms. The fraction of sp³-hybridized carbons (Fsp3) is 0.529. The lowest BCUT2D eigenvalue weighted by atomic mass is 10.0. The van der Waals surface area contributed by atoms with Crippen LogP contribution in [0.15, 0.2) is 26.6 Å². The van der Waals surface area contributed by atoms with Gasteiger partial charge < -0.3 is 9.05 Å². The van der Waals surface area contributed by atoms with Crippen molar-refractivity contribution in [3.63, 3.8) is 0 Å². The second-order valence-electron chi connectivity index (χ2n) is 6.74. The van der Waals surface area contributed by atoms with E-state index >= 15 is 0 Å². The van der Waals surface area contributed by atoms with Gasteiger partial charge in [0.2, 0.25) is 17.6 Å². The summed E-state index contributed by atoms with van der Waals surface area (Å²) in [5.41, 5.74) is 0. The van der Waals surface area contributed by atoms with E-state index in [2.05, 4.69) is 25.2 Å². The largest absolute Gasteiger partial charge is 0.338 e. The minimum absolute atomic E-state index is 0.144. The number of thiophene rings is 1. The monoisotopic (exact) mass is 357 g/mol. The fourth-order valence-electron chi connectivity index (χ4n) is 3.35. The van der Waals surface area contributed by atoms with Gasteiger partial charge in [-0.05, 0) is 43.7 Å². The predicted octanol–water partition coefficient (Wildman–Crippen LogP) is 3.79. The summed E-state index contributed by atoms with van der Waals surface area (Å²) in [6.07, 6.45) is 5.72. The van der Waals surface area contributed by atoms with Crippen molar-refractivity contribution in [2.45, 2.75) is 50.6 Å². The van der Waals surface area contributed by atoms with Crippen molar-refractivity contribution in [2.75, 3.05) is 6.54 Å². The molecule has 0 N–H and O–H groups in total. The first-order valence-corrected chi connectivity index (χ1v) is 9.69. The predicted molar refractivity (Wildman–Crippen MR) is 90.9 cm³/mol. The van der Waals surface area contributed by atoms with E-state index in [-0.39, 0.29) is 6.04 Å². The van der Waals surface area contributed by atoms with Gasteiger partial charge >= 0.3 is 0 Å². The van der Waals surface area contributed by atoms with Gasteiger partial charge in [-0.3, -0.25) is 4.90 Å². The Balaban J connectivity index is 1.33. The van der Waals surface area contributed by atoms with Crippen molar-refractivity contribution in [1.82, 2.24) is 25.2 Å². The van der Waals surface area contributed by atoms with E-state index in [9.17, 15) is 0 Å². The lowest BCUT2D eigenvalue weighted by Gasteiger charge is -2.31. The average Bonchev–Trinajstić information content (AvgIpc) is 3.08. The number of rotatable bonds is 5. The summed E-state index contributed by atoms with van der Waals surface area (Å²) in [7, 11) is 0. The first kappa shape index (κ1) is 15.2. The van der Waals surface area contributed by atoms with E-state index in [1.165, 1.54) is 19.3 Å². The van der Waals surface area contributed by atoms with Gasteiger partial charge in [-0.1, -0.05) is 22.8 Å². The normalized spacial score (nSPS) is 21.7. The van der Waals surface area contributed by atoms with E-state index in [4.69, 9.17) is 9.05 Å². The summed E-state index contributed by atoms with van der Waals surface area (Å²) in [4.78, 5) is 12.5. The molecule has 2 fully saturated rings. The molecule has 130 valence electrons. The summed E-state index contributed by atoms with van der Waals surface area (Å²) in [5, 5.41) is 10.3. The third-order valence-electron chi connectivity index (χ3n) is 4.85. The first-order valence-electron chi connectivity index (χ1n) is 8.81. The minimum Gasteiger partial charge on any atom is -0.338 e. The highest BCUT2D eigenvalue weighted by Gasteiger charge is 2.33. The summed E-state index contributed by atoms with van der Waals surface area (Å²) >= 11 is 1.61. The van der Waals surface area contributed by atoms with Crippen LogP contribution < -0.4 is 0 Å². The molecule has 1 atom stereocenters. The zero-order valence-electron chi connectivity index (χ0n) is 13.8. The molecule has 25 heavy (non-hydrogen) atoms. The molecule has 3 aromatic rings. The topological polar surface area (TPSA) is 81.1 Å². The van der Waals surface area contributed by atoms with Gasteiger partial charge in [-0.2, -0.15) is 9.97 Å². The molecule has 7 nitrogen and oxygen atoms in total. The average molecular weight is 357 g/mol. The van der Waals surface area contributed by atoms with Gasteiger partial charge in [0.25, 0.3) is 0 Å². The Hall–Kier alpha value is -2.06. The molecule has 3 aromatic heterocycles. The Morgan fingerprint density at radius 3 is 2.92 bits per heavy atom. The van der Waals surface area contributed by atoms with E-state index in [1.807, 2.05) is 17.5 Å². The second-order valence-corrected chi connectivity index (χ2v) is 7.68. The van der Waals surface area contributed by atoms with Gasteiger partial charge in [-0.25, -0.2) is 0 Å². The summed E-state index contributed by atoms with van der Waals surface area (Å²) in [6, 6.07) is 4.13. The molecule has 1 saturated heterocycles. The van der Waals surface area contributed by atoms with Gasteiger partial charge in [0.05, 0.1) is 17.5 Å². The summed E-state index contributed by atoms with van der Waals surface area (Å²) in [6.45, 7) is 1.59. The highest BCUT2D eigenvalue weighted by Crippen LogP contribution is 2.39. The number of piperidine rings is 1. The standard InChI is InChI=1S/C17H19N5O2S/c1-2-8-22(10-14-18-16(21-23-14)13-5-3-9-25-13)12(4-1)17-19-15(20-24-17)11-6-7-11/h3,5,9,11-12H,1-2,4,6-8,10H2/t12-/m1/s1. The van der Waals surface area contributed by atoms with Crippen molar-refractivity contribution >= 4 is 11.3 Å². The van der Waals surface area contributed by atoms with E-state index in [0.29, 0.717) is 24.2 Å². The smallest absolute Gasteiger partial charge is 0.244 e. The molecule has 4 heterocycles. The maximum Gasteiger partial charge on any atom is 0.244 e. The van der Waals surface area contributed by atoms with Crippen LogP contribution in [0.5, 0.6) is 0 Å².